The van der Waals surface area contributed by atoms with E-state index in [2.05, 4.69) is 15.1 Å². The van der Waals surface area contributed by atoms with E-state index in [4.69, 9.17) is 0 Å². The van der Waals surface area contributed by atoms with E-state index < -0.39 is 10.0 Å². The first-order valence-electron chi connectivity index (χ1n) is 7.73. The van der Waals surface area contributed by atoms with Crippen molar-refractivity contribution < 1.29 is 8.42 Å². The van der Waals surface area contributed by atoms with Gasteiger partial charge >= 0.3 is 0 Å². The lowest BCUT2D eigenvalue weighted by Crippen LogP contribution is -2.31. The monoisotopic (exact) mass is 335 g/mol. The van der Waals surface area contributed by atoms with E-state index in [1.165, 1.54) is 10.6 Å². The molecule has 124 valence electrons. The Bertz CT molecular complexity index is 785. The van der Waals surface area contributed by atoms with Crippen LogP contribution in [0.15, 0.2) is 24.4 Å². The SMILES string of the molecule is CC(C)c1nc([C@H]2CCCN2S(C)(=O)=O)n(-c2ccccn2)n1. The van der Waals surface area contributed by atoms with Gasteiger partial charge < -0.3 is 0 Å². The molecule has 7 nitrogen and oxygen atoms in total. The van der Waals surface area contributed by atoms with Crippen LogP contribution in [0.3, 0.4) is 0 Å². The Hall–Kier alpha value is -1.80. The van der Waals surface area contributed by atoms with Crippen LogP contribution in [0.5, 0.6) is 0 Å². The molecule has 0 aromatic carbocycles. The molecule has 2 aromatic rings. The highest BCUT2D eigenvalue weighted by Crippen LogP contribution is 2.34. The van der Waals surface area contributed by atoms with Crippen molar-refractivity contribution in [2.75, 3.05) is 12.8 Å². The molecule has 2 aromatic heterocycles. The average molecular weight is 335 g/mol. The molecule has 1 aliphatic rings. The Labute approximate surface area is 136 Å². The predicted octanol–water partition coefficient (Wildman–Crippen LogP) is 1.88. The van der Waals surface area contributed by atoms with Gasteiger partial charge in [0.15, 0.2) is 17.5 Å². The van der Waals surface area contributed by atoms with Gasteiger partial charge in [0, 0.05) is 18.7 Å². The number of pyridine rings is 1. The van der Waals surface area contributed by atoms with Crippen molar-refractivity contribution in [2.45, 2.75) is 38.6 Å². The van der Waals surface area contributed by atoms with Gasteiger partial charge in [-0.1, -0.05) is 19.9 Å². The van der Waals surface area contributed by atoms with E-state index >= 15 is 0 Å². The molecule has 0 unspecified atom stereocenters. The molecule has 0 amide bonds. The minimum Gasteiger partial charge on any atom is -0.237 e. The van der Waals surface area contributed by atoms with Gasteiger partial charge in [0.05, 0.1) is 12.3 Å². The minimum atomic E-state index is -3.28. The molecule has 23 heavy (non-hydrogen) atoms. The first kappa shape index (κ1) is 16.1. The zero-order valence-corrected chi connectivity index (χ0v) is 14.4. The largest absolute Gasteiger partial charge is 0.237 e. The molecule has 0 bridgehead atoms. The lowest BCUT2D eigenvalue weighted by molar-refractivity contribution is 0.381. The van der Waals surface area contributed by atoms with E-state index in [0.717, 1.165) is 12.8 Å². The van der Waals surface area contributed by atoms with Crippen LogP contribution in [0.1, 0.15) is 50.3 Å². The molecule has 1 saturated heterocycles. The van der Waals surface area contributed by atoms with E-state index in [1.54, 1.807) is 10.9 Å². The quantitative estimate of drug-likeness (QED) is 0.852. The number of sulfonamides is 1. The smallest absolute Gasteiger partial charge is 0.211 e. The van der Waals surface area contributed by atoms with Crippen LogP contribution >= 0.6 is 0 Å². The average Bonchev–Trinajstić information content (AvgIpc) is 3.14. The third kappa shape index (κ3) is 3.13. The van der Waals surface area contributed by atoms with E-state index in [1.807, 2.05) is 32.0 Å². The molecule has 0 aliphatic carbocycles. The van der Waals surface area contributed by atoms with Crippen LogP contribution in [-0.2, 0) is 10.0 Å². The first-order chi connectivity index (χ1) is 10.9. The molecular weight excluding hydrogens is 314 g/mol. The fourth-order valence-corrected chi connectivity index (χ4v) is 3.97. The Morgan fingerprint density at radius 1 is 1.30 bits per heavy atom. The summed E-state index contributed by atoms with van der Waals surface area (Å²) < 4.78 is 27.3. The van der Waals surface area contributed by atoms with Crippen LogP contribution in [0, 0.1) is 0 Å². The van der Waals surface area contributed by atoms with Crippen molar-refractivity contribution in [1.29, 1.82) is 0 Å². The summed E-state index contributed by atoms with van der Waals surface area (Å²) in [6, 6.07) is 5.28. The molecule has 0 spiro atoms. The number of hydrogen-bond donors (Lipinski definition) is 0. The molecule has 3 heterocycles. The summed E-state index contributed by atoms with van der Waals surface area (Å²) in [6.45, 7) is 4.56. The maximum absolute atomic E-state index is 12.1. The third-order valence-electron chi connectivity index (χ3n) is 3.96. The van der Waals surface area contributed by atoms with Gasteiger partial charge in [0.2, 0.25) is 10.0 Å². The van der Waals surface area contributed by atoms with Gasteiger partial charge in [-0.2, -0.15) is 8.99 Å². The normalized spacial score (nSPS) is 19.6. The zero-order chi connectivity index (χ0) is 16.6. The Balaban J connectivity index is 2.11. The molecule has 8 heteroatoms. The van der Waals surface area contributed by atoms with Gasteiger partial charge in [-0.25, -0.2) is 18.4 Å². The van der Waals surface area contributed by atoms with E-state index in [9.17, 15) is 8.42 Å². The molecule has 1 aliphatic heterocycles. The molecular formula is C15H21N5O2S. The number of rotatable bonds is 4. The van der Waals surface area contributed by atoms with Crippen molar-refractivity contribution in [3.63, 3.8) is 0 Å². The first-order valence-corrected chi connectivity index (χ1v) is 9.58. The van der Waals surface area contributed by atoms with Gasteiger partial charge in [0.1, 0.15) is 0 Å². The van der Waals surface area contributed by atoms with E-state index in [0.29, 0.717) is 24.0 Å². The lowest BCUT2D eigenvalue weighted by Gasteiger charge is -2.21. The van der Waals surface area contributed by atoms with E-state index in [-0.39, 0.29) is 12.0 Å². The van der Waals surface area contributed by atoms with Crippen molar-refractivity contribution in [3.05, 3.63) is 36.0 Å². The van der Waals surface area contributed by atoms with Gasteiger partial charge in [-0.3, -0.25) is 0 Å². The van der Waals surface area contributed by atoms with Crippen molar-refractivity contribution in [3.8, 4) is 5.82 Å². The second-order valence-electron chi connectivity index (χ2n) is 6.11. The summed E-state index contributed by atoms with van der Waals surface area (Å²) in [6.07, 6.45) is 4.51. The molecule has 0 radical (unpaired) electrons. The summed E-state index contributed by atoms with van der Waals surface area (Å²) in [5.41, 5.74) is 0. The summed E-state index contributed by atoms with van der Waals surface area (Å²) in [5, 5.41) is 4.56. The fourth-order valence-electron chi connectivity index (χ4n) is 2.84. The fraction of sp³-hybridized carbons (Fsp3) is 0.533. The summed E-state index contributed by atoms with van der Waals surface area (Å²) in [4.78, 5) is 8.97. The molecule has 1 fully saturated rings. The number of nitrogens with zero attached hydrogens (tertiary/aromatic N) is 5. The van der Waals surface area contributed by atoms with Crippen molar-refractivity contribution in [1.82, 2.24) is 24.1 Å². The molecule has 0 saturated carbocycles. The topological polar surface area (TPSA) is 81.0 Å². The van der Waals surface area contributed by atoms with Gasteiger partial charge in [-0.05, 0) is 25.0 Å². The van der Waals surface area contributed by atoms with Crippen LogP contribution < -0.4 is 0 Å². The standard InChI is InChI=1S/C15H21N5O2S/c1-11(2)14-17-15(12-7-6-10-19(12)23(3,21)22)20(18-14)13-8-4-5-9-16-13/h4-5,8-9,11-12H,6-7,10H2,1-3H3/t12-/m1/s1. The molecule has 1 atom stereocenters. The third-order valence-corrected chi connectivity index (χ3v) is 5.25. The minimum absolute atomic E-state index is 0.159. The second-order valence-corrected chi connectivity index (χ2v) is 8.05. The maximum Gasteiger partial charge on any atom is 0.211 e. The van der Waals surface area contributed by atoms with Crippen LogP contribution in [0.4, 0.5) is 0 Å². The summed E-state index contributed by atoms with van der Waals surface area (Å²) in [5.74, 6) is 2.16. The van der Waals surface area contributed by atoms with Crippen molar-refractivity contribution >= 4 is 10.0 Å². The highest BCUT2D eigenvalue weighted by Gasteiger charge is 2.36. The maximum atomic E-state index is 12.1. The highest BCUT2D eigenvalue weighted by atomic mass is 32.2. The van der Waals surface area contributed by atoms with Gasteiger partial charge in [-0.15, -0.1) is 5.10 Å². The Morgan fingerprint density at radius 2 is 2.09 bits per heavy atom. The number of aromatic nitrogens is 4. The summed E-state index contributed by atoms with van der Waals surface area (Å²) >= 11 is 0. The summed E-state index contributed by atoms with van der Waals surface area (Å²) in [7, 11) is -3.28. The second kappa shape index (κ2) is 6.01. The molecule has 0 N–H and O–H groups in total. The van der Waals surface area contributed by atoms with Crippen molar-refractivity contribution in [2.24, 2.45) is 0 Å². The Kier molecular flexibility index (Phi) is 4.20. The lowest BCUT2D eigenvalue weighted by atomic mass is 10.2. The molecule has 3 rings (SSSR count). The van der Waals surface area contributed by atoms with Crippen LogP contribution in [0.2, 0.25) is 0 Å². The number of hydrogen-bond acceptors (Lipinski definition) is 5. The van der Waals surface area contributed by atoms with Crippen LogP contribution in [-0.4, -0.2) is 45.3 Å². The highest BCUT2D eigenvalue weighted by molar-refractivity contribution is 7.88. The Morgan fingerprint density at radius 3 is 2.70 bits per heavy atom. The predicted molar refractivity (Wildman–Crippen MR) is 86.8 cm³/mol. The van der Waals surface area contributed by atoms with Gasteiger partial charge in [0.25, 0.3) is 0 Å². The van der Waals surface area contributed by atoms with Crippen LogP contribution in [0.25, 0.3) is 5.82 Å². The zero-order valence-electron chi connectivity index (χ0n) is 13.5.